The number of furan rings is 1. The number of aryl methyl sites for hydroxylation is 1. The summed E-state index contributed by atoms with van der Waals surface area (Å²) < 4.78 is 6.91. The second-order valence-electron chi connectivity index (χ2n) is 3.90. The highest BCUT2D eigenvalue weighted by Crippen LogP contribution is 2.28. The quantitative estimate of drug-likeness (QED) is 0.826. The Kier molecular flexibility index (Phi) is 2.19. The number of carboxylic acids is 1. The number of rotatable bonds is 2. The Balaban J connectivity index is 2.12. The molecule has 18 heavy (non-hydrogen) atoms. The second kappa shape index (κ2) is 3.73. The number of hydrogen-bond donors (Lipinski definition) is 2. The Bertz CT molecular complexity index is 627. The molecule has 1 aliphatic rings. The molecule has 3 rings (SSSR count). The molecule has 0 bridgehead atoms. The second-order valence-corrected chi connectivity index (χ2v) is 3.90. The van der Waals surface area contributed by atoms with E-state index in [9.17, 15) is 4.79 Å². The van der Waals surface area contributed by atoms with Gasteiger partial charge in [-0.3, -0.25) is 0 Å². The molecule has 7 heteroatoms. The molecular weight excluding hydrogens is 236 g/mol. The summed E-state index contributed by atoms with van der Waals surface area (Å²) in [5.74, 6) is 0.530. The van der Waals surface area contributed by atoms with Gasteiger partial charge in [0.15, 0.2) is 0 Å². The average molecular weight is 246 g/mol. The molecule has 92 valence electrons. The lowest BCUT2D eigenvalue weighted by molar-refractivity contribution is -0.132. The van der Waals surface area contributed by atoms with Crippen LogP contribution in [0.2, 0.25) is 0 Å². The number of hydrogen-bond acceptors (Lipinski definition) is 5. The van der Waals surface area contributed by atoms with E-state index in [1.807, 2.05) is 0 Å². The summed E-state index contributed by atoms with van der Waals surface area (Å²) in [5, 5.41) is 16.0. The number of allylic oxidation sites excluding steroid dienone is 1. The monoisotopic (exact) mass is 246 g/mol. The van der Waals surface area contributed by atoms with Crippen LogP contribution in [0.1, 0.15) is 17.6 Å². The third-order valence-electron chi connectivity index (χ3n) is 2.64. The van der Waals surface area contributed by atoms with E-state index in [1.54, 1.807) is 29.8 Å². The Labute approximate surface area is 102 Å². The summed E-state index contributed by atoms with van der Waals surface area (Å²) in [4.78, 5) is 15.2. The molecule has 1 atom stereocenters. The van der Waals surface area contributed by atoms with Gasteiger partial charge in [-0.05, 0) is 25.1 Å². The van der Waals surface area contributed by atoms with Gasteiger partial charge in [0.25, 0.3) is 0 Å². The minimum absolute atomic E-state index is 0.0660. The van der Waals surface area contributed by atoms with E-state index in [2.05, 4.69) is 15.4 Å². The first-order valence-electron chi connectivity index (χ1n) is 5.34. The van der Waals surface area contributed by atoms with Crippen LogP contribution in [0.15, 0.2) is 34.6 Å². The van der Waals surface area contributed by atoms with Gasteiger partial charge in [0.2, 0.25) is 5.95 Å². The molecule has 7 nitrogen and oxygen atoms in total. The van der Waals surface area contributed by atoms with Crippen molar-refractivity contribution in [2.75, 3.05) is 5.32 Å². The molecule has 2 aromatic rings. The van der Waals surface area contributed by atoms with Crippen molar-refractivity contribution in [3.8, 4) is 0 Å². The van der Waals surface area contributed by atoms with Crippen LogP contribution in [0.3, 0.4) is 0 Å². The maximum atomic E-state index is 11.1. The lowest BCUT2D eigenvalue weighted by Gasteiger charge is -2.20. The zero-order chi connectivity index (χ0) is 12.7. The molecule has 1 aliphatic heterocycles. The molecular formula is C11H10N4O3. The van der Waals surface area contributed by atoms with Gasteiger partial charge >= 0.3 is 5.97 Å². The highest BCUT2D eigenvalue weighted by Gasteiger charge is 2.27. The zero-order valence-corrected chi connectivity index (χ0v) is 9.49. The number of nitrogens with zero attached hydrogens (tertiary/aromatic N) is 3. The Morgan fingerprint density at radius 1 is 1.61 bits per heavy atom. The maximum absolute atomic E-state index is 11.1. The number of carboxylic acid groups (broad SMARTS) is 1. The zero-order valence-electron chi connectivity index (χ0n) is 9.49. The van der Waals surface area contributed by atoms with Gasteiger partial charge < -0.3 is 14.8 Å². The third kappa shape index (κ3) is 1.56. The number of anilines is 1. The Morgan fingerprint density at radius 2 is 2.44 bits per heavy atom. The van der Waals surface area contributed by atoms with E-state index in [-0.39, 0.29) is 5.70 Å². The van der Waals surface area contributed by atoms with E-state index < -0.39 is 12.0 Å². The summed E-state index contributed by atoms with van der Waals surface area (Å²) in [5.41, 5.74) is 0.0660. The lowest BCUT2D eigenvalue weighted by atomic mass is 10.1. The van der Waals surface area contributed by atoms with E-state index in [0.717, 1.165) is 0 Å². The van der Waals surface area contributed by atoms with Crippen LogP contribution in [-0.4, -0.2) is 25.8 Å². The van der Waals surface area contributed by atoms with Crippen LogP contribution in [0.4, 0.5) is 5.95 Å². The van der Waals surface area contributed by atoms with Crippen LogP contribution in [0, 0.1) is 6.92 Å². The third-order valence-corrected chi connectivity index (χ3v) is 2.64. The van der Waals surface area contributed by atoms with E-state index >= 15 is 0 Å². The molecule has 0 aliphatic carbocycles. The standard InChI is InChI=1S/C11H10N4O3/c1-6-12-11-13-7(10(16)17)5-8(15(11)14-6)9-3-2-4-18-9/h2-5,8H,1H3,(H,16,17)(H,12,13,14)/t8-/m0/s1. The van der Waals surface area contributed by atoms with Crippen LogP contribution in [-0.2, 0) is 4.79 Å². The summed E-state index contributed by atoms with van der Waals surface area (Å²) in [6.45, 7) is 1.74. The molecule has 0 aromatic carbocycles. The van der Waals surface area contributed by atoms with Gasteiger partial charge in [0.1, 0.15) is 23.3 Å². The van der Waals surface area contributed by atoms with Gasteiger partial charge in [-0.15, -0.1) is 0 Å². The van der Waals surface area contributed by atoms with Gasteiger partial charge in [0.05, 0.1) is 6.26 Å². The van der Waals surface area contributed by atoms with Crippen LogP contribution in [0.25, 0.3) is 0 Å². The number of carbonyl (C=O) groups is 1. The summed E-state index contributed by atoms with van der Waals surface area (Å²) in [6, 6.07) is 3.12. The largest absolute Gasteiger partial charge is 0.477 e. The van der Waals surface area contributed by atoms with Gasteiger partial charge in [-0.2, -0.15) is 10.1 Å². The first-order chi connectivity index (χ1) is 8.65. The first kappa shape index (κ1) is 10.6. The Hall–Kier alpha value is -2.57. The predicted molar refractivity (Wildman–Crippen MR) is 60.9 cm³/mol. The number of aliphatic carboxylic acids is 1. The molecule has 0 radical (unpaired) electrons. The van der Waals surface area contributed by atoms with Gasteiger partial charge in [0, 0.05) is 0 Å². The van der Waals surface area contributed by atoms with E-state index in [4.69, 9.17) is 9.52 Å². The lowest BCUT2D eigenvalue weighted by Crippen LogP contribution is -2.24. The smallest absolute Gasteiger partial charge is 0.352 e. The fourth-order valence-corrected chi connectivity index (χ4v) is 1.89. The van der Waals surface area contributed by atoms with E-state index in [1.165, 1.54) is 6.26 Å². The van der Waals surface area contributed by atoms with Crippen LogP contribution >= 0.6 is 0 Å². The molecule has 0 fully saturated rings. The topological polar surface area (TPSA) is 93.2 Å². The fraction of sp³-hybridized carbons (Fsp3) is 0.182. The van der Waals surface area contributed by atoms with Crippen molar-refractivity contribution in [2.24, 2.45) is 0 Å². The normalized spacial score (nSPS) is 17.8. The number of aromatic nitrogens is 3. The minimum Gasteiger partial charge on any atom is -0.477 e. The van der Waals surface area contributed by atoms with Crippen LogP contribution in [0.5, 0.6) is 0 Å². The molecule has 0 saturated carbocycles. The predicted octanol–water partition coefficient (Wildman–Crippen LogP) is 1.16. The molecule has 0 spiro atoms. The van der Waals surface area contributed by atoms with Crippen molar-refractivity contribution in [1.29, 1.82) is 0 Å². The Morgan fingerprint density at radius 3 is 3.11 bits per heavy atom. The average Bonchev–Trinajstić information content (AvgIpc) is 2.94. The maximum Gasteiger partial charge on any atom is 0.352 e. The number of fused-ring (bicyclic) bond motifs is 1. The molecule has 0 saturated heterocycles. The number of nitrogens with one attached hydrogen (secondary N) is 1. The molecule has 3 heterocycles. The highest BCUT2D eigenvalue weighted by atomic mass is 16.4. The van der Waals surface area contributed by atoms with Crippen molar-refractivity contribution in [1.82, 2.24) is 14.8 Å². The van der Waals surface area contributed by atoms with Crippen molar-refractivity contribution in [3.05, 3.63) is 41.8 Å². The molecule has 0 amide bonds. The van der Waals surface area contributed by atoms with Crippen molar-refractivity contribution in [3.63, 3.8) is 0 Å². The van der Waals surface area contributed by atoms with Crippen molar-refractivity contribution in [2.45, 2.75) is 13.0 Å². The minimum atomic E-state index is -1.04. The summed E-state index contributed by atoms with van der Waals surface area (Å²) in [7, 11) is 0. The summed E-state index contributed by atoms with van der Waals surface area (Å²) in [6.07, 6.45) is 3.08. The molecule has 0 unspecified atom stereocenters. The molecule has 2 aromatic heterocycles. The molecule has 2 N–H and O–H groups in total. The SMILES string of the molecule is Cc1nc2n(n1)[C@H](c1ccco1)C=C(C(=O)O)N2. The van der Waals surface area contributed by atoms with Gasteiger partial charge in [-0.1, -0.05) is 0 Å². The highest BCUT2D eigenvalue weighted by molar-refractivity contribution is 5.90. The van der Waals surface area contributed by atoms with Crippen molar-refractivity contribution < 1.29 is 14.3 Å². The van der Waals surface area contributed by atoms with Crippen LogP contribution < -0.4 is 5.32 Å². The van der Waals surface area contributed by atoms with E-state index in [0.29, 0.717) is 17.5 Å². The summed E-state index contributed by atoms with van der Waals surface area (Å²) >= 11 is 0. The fourth-order valence-electron chi connectivity index (χ4n) is 1.89. The first-order valence-corrected chi connectivity index (χ1v) is 5.34. The van der Waals surface area contributed by atoms with Crippen molar-refractivity contribution >= 4 is 11.9 Å². The van der Waals surface area contributed by atoms with Gasteiger partial charge in [-0.25, -0.2) is 9.48 Å².